The lowest BCUT2D eigenvalue weighted by Gasteiger charge is -2.27. The molecule has 1 aromatic carbocycles. The second kappa shape index (κ2) is 4.77. The molecule has 0 amide bonds. The van der Waals surface area contributed by atoms with E-state index in [1.807, 2.05) is 30.4 Å². The molecular weight excluding hydrogens is 170 g/mol. The maximum Gasteiger partial charge on any atom is 0.0591 e. The zero-order chi connectivity index (χ0) is 10.4. The van der Waals surface area contributed by atoms with Gasteiger partial charge in [0.1, 0.15) is 0 Å². The van der Waals surface area contributed by atoms with E-state index in [9.17, 15) is 0 Å². The van der Waals surface area contributed by atoms with Gasteiger partial charge in [-0.3, -0.25) is 0 Å². The Kier molecular flexibility index (Phi) is 3.66. The fraction of sp³-hybridized carbons (Fsp3) is 0.231. The SMILES string of the molecule is C=CCNC(C)(C=C)c1ccccc1. The fourth-order valence-corrected chi connectivity index (χ4v) is 1.36. The molecule has 14 heavy (non-hydrogen) atoms. The van der Waals surface area contributed by atoms with Crippen molar-refractivity contribution < 1.29 is 0 Å². The number of hydrogen-bond donors (Lipinski definition) is 1. The van der Waals surface area contributed by atoms with E-state index in [1.165, 1.54) is 5.56 Å². The molecule has 74 valence electrons. The van der Waals surface area contributed by atoms with Crippen molar-refractivity contribution in [2.24, 2.45) is 0 Å². The minimum atomic E-state index is -0.171. The van der Waals surface area contributed by atoms with Crippen LogP contribution in [0.5, 0.6) is 0 Å². The molecule has 1 unspecified atom stereocenters. The van der Waals surface area contributed by atoms with Crippen LogP contribution in [0.1, 0.15) is 12.5 Å². The summed E-state index contributed by atoms with van der Waals surface area (Å²) >= 11 is 0. The molecule has 1 heteroatoms. The molecule has 0 aromatic heterocycles. The summed E-state index contributed by atoms with van der Waals surface area (Å²) in [4.78, 5) is 0. The predicted octanol–water partition coefficient (Wildman–Crippen LogP) is 2.86. The number of rotatable bonds is 5. The summed E-state index contributed by atoms with van der Waals surface area (Å²) in [5, 5.41) is 3.38. The Balaban J connectivity index is 2.89. The molecule has 0 spiro atoms. The van der Waals surface area contributed by atoms with E-state index < -0.39 is 0 Å². The van der Waals surface area contributed by atoms with Crippen molar-refractivity contribution in [3.63, 3.8) is 0 Å². The first-order valence-corrected chi connectivity index (χ1v) is 4.78. The number of hydrogen-bond acceptors (Lipinski definition) is 1. The van der Waals surface area contributed by atoms with Gasteiger partial charge in [-0.05, 0) is 12.5 Å². The minimum Gasteiger partial charge on any atom is -0.301 e. The molecule has 0 aliphatic carbocycles. The highest BCUT2D eigenvalue weighted by Gasteiger charge is 2.20. The van der Waals surface area contributed by atoms with E-state index in [4.69, 9.17) is 0 Å². The van der Waals surface area contributed by atoms with Crippen molar-refractivity contribution in [3.05, 3.63) is 61.2 Å². The van der Waals surface area contributed by atoms with E-state index in [1.54, 1.807) is 0 Å². The molecule has 0 saturated carbocycles. The third kappa shape index (κ3) is 2.33. The lowest BCUT2D eigenvalue weighted by molar-refractivity contribution is 0.482. The largest absolute Gasteiger partial charge is 0.301 e. The summed E-state index contributed by atoms with van der Waals surface area (Å²) in [6, 6.07) is 10.3. The first-order chi connectivity index (χ1) is 6.73. The highest BCUT2D eigenvalue weighted by atomic mass is 14.9. The minimum absolute atomic E-state index is 0.171. The average molecular weight is 187 g/mol. The molecule has 1 nitrogen and oxygen atoms in total. The van der Waals surface area contributed by atoms with E-state index >= 15 is 0 Å². The van der Waals surface area contributed by atoms with Gasteiger partial charge in [0, 0.05) is 6.54 Å². The Bertz CT molecular complexity index is 302. The van der Waals surface area contributed by atoms with Crippen LogP contribution in [0.4, 0.5) is 0 Å². The predicted molar refractivity (Wildman–Crippen MR) is 62.2 cm³/mol. The standard InChI is InChI=1S/C13H17N/c1-4-11-14-13(3,5-2)12-9-7-6-8-10-12/h4-10,14H,1-2,11H2,3H3. The van der Waals surface area contributed by atoms with Crippen molar-refractivity contribution in [2.75, 3.05) is 6.54 Å². The van der Waals surface area contributed by atoms with Crippen LogP contribution in [-0.4, -0.2) is 6.54 Å². The Labute approximate surface area is 86.2 Å². The second-order valence-corrected chi connectivity index (χ2v) is 3.44. The first kappa shape index (κ1) is 10.7. The maximum atomic E-state index is 3.87. The quantitative estimate of drug-likeness (QED) is 0.699. The van der Waals surface area contributed by atoms with Gasteiger partial charge in [-0.2, -0.15) is 0 Å². The van der Waals surface area contributed by atoms with Crippen LogP contribution in [0, 0.1) is 0 Å². The molecule has 1 atom stereocenters. The Morgan fingerprint density at radius 1 is 1.29 bits per heavy atom. The Hall–Kier alpha value is -1.34. The summed E-state index contributed by atoms with van der Waals surface area (Å²) < 4.78 is 0. The van der Waals surface area contributed by atoms with Gasteiger partial charge in [0.2, 0.25) is 0 Å². The third-order valence-corrected chi connectivity index (χ3v) is 2.40. The highest BCUT2D eigenvalue weighted by molar-refractivity contribution is 5.28. The van der Waals surface area contributed by atoms with Crippen molar-refractivity contribution in [3.8, 4) is 0 Å². The van der Waals surface area contributed by atoms with Gasteiger partial charge in [0.05, 0.1) is 5.54 Å². The third-order valence-electron chi connectivity index (χ3n) is 2.40. The normalized spacial score (nSPS) is 14.4. The summed E-state index contributed by atoms with van der Waals surface area (Å²) in [6.07, 6.45) is 3.77. The van der Waals surface area contributed by atoms with E-state index in [0.717, 1.165) is 6.54 Å². The molecule has 0 saturated heterocycles. The molecule has 0 bridgehead atoms. The maximum absolute atomic E-state index is 3.87. The van der Waals surface area contributed by atoms with E-state index in [2.05, 4.69) is 37.5 Å². The molecule has 0 fully saturated rings. The molecule has 1 aromatic rings. The fourth-order valence-electron chi connectivity index (χ4n) is 1.36. The monoisotopic (exact) mass is 187 g/mol. The summed E-state index contributed by atoms with van der Waals surface area (Å²) in [6.45, 7) is 10.4. The lowest BCUT2D eigenvalue weighted by Crippen LogP contribution is -2.37. The van der Waals surface area contributed by atoms with Crippen molar-refractivity contribution in [1.29, 1.82) is 0 Å². The van der Waals surface area contributed by atoms with Gasteiger partial charge >= 0.3 is 0 Å². The van der Waals surface area contributed by atoms with Gasteiger partial charge in [-0.15, -0.1) is 13.2 Å². The topological polar surface area (TPSA) is 12.0 Å². The van der Waals surface area contributed by atoms with Crippen LogP contribution in [0.15, 0.2) is 55.6 Å². The smallest absolute Gasteiger partial charge is 0.0591 e. The van der Waals surface area contributed by atoms with E-state index in [0.29, 0.717) is 0 Å². The second-order valence-electron chi connectivity index (χ2n) is 3.44. The van der Waals surface area contributed by atoms with Crippen LogP contribution in [-0.2, 0) is 5.54 Å². The van der Waals surface area contributed by atoms with Gasteiger partial charge < -0.3 is 5.32 Å². The zero-order valence-corrected chi connectivity index (χ0v) is 8.66. The van der Waals surface area contributed by atoms with Crippen LogP contribution >= 0.6 is 0 Å². The van der Waals surface area contributed by atoms with Crippen molar-refractivity contribution >= 4 is 0 Å². The molecule has 0 heterocycles. The Morgan fingerprint density at radius 3 is 2.43 bits per heavy atom. The van der Waals surface area contributed by atoms with Crippen molar-refractivity contribution in [1.82, 2.24) is 5.32 Å². The van der Waals surface area contributed by atoms with Crippen LogP contribution in [0.2, 0.25) is 0 Å². The highest BCUT2D eigenvalue weighted by Crippen LogP contribution is 2.20. The summed E-state index contributed by atoms with van der Waals surface area (Å²) in [5.74, 6) is 0. The Morgan fingerprint density at radius 2 is 1.93 bits per heavy atom. The summed E-state index contributed by atoms with van der Waals surface area (Å²) in [7, 11) is 0. The lowest BCUT2D eigenvalue weighted by atomic mass is 9.92. The van der Waals surface area contributed by atoms with Crippen LogP contribution in [0.3, 0.4) is 0 Å². The van der Waals surface area contributed by atoms with Crippen LogP contribution < -0.4 is 5.32 Å². The molecule has 0 aliphatic rings. The van der Waals surface area contributed by atoms with Crippen LogP contribution in [0.25, 0.3) is 0 Å². The zero-order valence-electron chi connectivity index (χ0n) is 8.66. The van der Waals surface area contributed by atoms with Gasteiger partial charge in [0.15, 0.2) is 0 Å². The van der Waals surface area contributed by atoms with Crippen molar-refractivity contribution in [2.45, 2.75) is 12.5 Å². The number of benzene rings is 1. The first-order valence-electron chi connectivity index (χ1n) is 4.78. The molecule has 1 N–H and O–H groups in total. The molecule has 1 rings (SSSR count). The molecular formula is C13H17N. The summed E-state index contributed by atoms with van der Waals surface area (Å²) in [5.41, 5.74) is 1.05. The van der Waals surface area contributed by atoms with Gasteiger partial charge in [-0.25, -0.2) is 0 Å². The van der Waals surface area contributed by atoms with E-state index in [-0.39, 0.29) is 5.54 Å². The molecule has 0 aliphatic heterocycles. The number of nitrogens with one attached hydrogen (secondary N) is 1. The van der Waals surface area contributed by atoms with Gasteiger partial charge in [-0.1, -0.05) is 42.5 Å². The average Bonchev–Trinajstić information content (AvgIpc) is 2.27. The molecule has 0 radical (unpaired) electrons. The van der Waals surface area contributed by atoms with Gasteiger partial charge in [0.25, 0.3) is 0 Å².